The highest BCUT2D eigenvalue weighted by molar-refractivity contribution is 5.95. The molecule has 1 N–H and O–H groups in total. The largest absolute Gasteiger partial charge is 0.453 e. The number of morpholine rings is 1. The molecular weight excluding hydrogens is 332 g/mol. The minimum Gasteiger partial charge on any atom is -0.453 e. The maximum atomic E-state index is 12.2. The Morgan fingerprint density at radius 3 is 2.65 bits per heavy atom. The van der Waals surface area contributed by atoms with Gasteiger partial charge in [0.05, 0.1) is 19.6 Å². The number of esters is 1. The van der Waals surface area contributed by atoms with Crippen LogP contribution in [0, 0.1) is 5.92 Å². The lowest BCUT2D eigenvalue weighted by Crippen LogP contribution is -2.36. The standard InChI is InChI=1S/C20H26N2O4/c1-15(26-19(23)14-16-4-2-3-5-16)20(24)21-17-6-8-18(9-7-17)22-10-12-25-13-11-22/h2,4,6-9,15-16H,3,5,10-14H2,1H3,(H,21,24)/t15-,16-/m1/s1. The number of amides is 1. The maximum Gasteiger partial charge on any atom is 0.307 e. The van der Waals surface area contributed by atoms with E-state index in [9.17, 15) is 9.59 Å². The van der Waals surface area contributed by atoms with Gasteiger partial charge in [0.2, 0.25) is 0 Å². The molecule has 0 aromatic heterocycles. The van der Waals surface area contributed by atoms with Crippen molar-refractivity contribution in [2.75, 3.05) is 36.5 Å². The van der Waals surface area contributed by atoms with Gasteiger partial charge in [-0.1, -0.05) is 12.2 Å². The molecule has 0 spiro atoms. The quantitative estimate of drug-likeness (QED) is 0.626. The van der Waals surface area contributed by atoms with E-state index in [4.69, 9.17) is 9.47 Å². The van der Waals surface area contributed by atoms with E-state index >= 15 is 0 Å². The number of anilines is 2. The van der Waals surface area contributed by atoms with E-state index in [1.54, 1.807) is 6.92 Å². The molecule has 1 fully saturated rings. The smallest absolute Gasteiger partial charge is 0.307 e. The first kappa shape index (κ1) is 18.5. The van der Waals surface area contributed by atoms with Crippen molar-refractivity contribution < 1.29 is 19.1 Å². The van der Waals surface area contributed by atoms with Crippen LogP contribution in [0.1, 0.15) is 26.2 Å². The van der Waals surface area contributed by atoms with E-state index in [0.29, 0.717) is 12.1 Å². The third-order valence-electron chi connectivity index (χ3n) is 4.73. The van der Waals surface area contributed by atoms with E-state index in [0.717, 1.165) is 44.8 Å². The van der Waals surface area contributed by atoms with Crippen LogP contribution in [0.3, 0.4) is 0 Å². The van der Waals surface area contributed by atoms with Gasteiger partial charge >= 0.3 is 5.97 Å². The van der Waals surface area contributed by atoms with Gasteiger partial charge in [0.1, 0.15) is 0 Å². The lowest BCUT2D eigenvalue weighted by Gasteiger charge is -2.28. The summed E-state index contributed by atoms with van der Waals surface area (Å²) in [7, 11) is 0. The summed E-state index contributed by atoms with van der Waals surface area (Å²) in [6.45, 7) is 4.81. The number of hydrogen-bond acceptors (Lipinski definition) is 5. The predicted molar refractivity (Wildman–Crippen MR) is 100 cm³/mol. The minimum atomic E-state index is -0.813. The molecule has 1 amide bonds. The van der Waals surface area contributed by atoms with Crippen molar-refractivity contribution in [1.82, 2.24) is 0 Å². The number of carbonyl (C=O) groups excluding carboxylic acids is 2. The first-order valence-electron chi connectivity index (χ1n) is 9.21. The van der Waals surface area contributed by atoms with Gasteiger partial charge in [0.15, 0.2) is 6.10 Å². The van der Waals surface area contributed by atoms with Crippen LogP contribution in [-0.2, 0) is 19.1 Å². The Morgan fingerprint density at radius 2 is 2.00 bits per heavy atom. The van der Waals surface area contributed by atoms with Gasteiger partial charge in [-0.05, 0) is 49.9 Å². The molecule has 1 heterocycles. The summed E-state index contributed by atoms with van der Waals surface area (Å²) in [5, 5.41) is 2.80. The summed E-state index contributed by atoms with van der Waals surface area (Å²) in [6, 6.07) is 7.68. The van der Waals surface area contributed by atoms with Crippen molar-refractivity contribution in [2.45, 2.75) is 32.3 Å². The first-order valence-corrected chi connectivity index (χ1v) is 9.21. The Balaban J connectivity index is 1.47. The second-order valence-electron chi connectivity index (χ2n) is 6.74. The molecule has 0 radical (unpaired) electrons. The second-order valence-corrected chi connectivity index (χ2v) is 6.74. The summed E-state index contributed by atoms with van der Waals surface area (Å²) >= 11 is 0. The molecule has 0 bridgehead atoms. The number of nitrogens with zero attached hydrogens (tertiary/aromatic N) is 1. The molecule has 0 unspecified atom stereocenters. The molecule has 26 heavy (non-hydrogen) atoms. The van der Waals surface area contributed by atoms with Crippen molar-refractivity contribution in [1.29, 1.82) is 0 Å². The topological polar surface area (TPSA) is 67.9 Å². The molecule has 1 aromatic carbocycles. The Hall–Kier alpha value is -2.34. The van der Waals surface area contributed by atoms with Crippen LogP contribution in [0.2, 0.25) is 0 Å². The molecule has 140 valence electrons. The molecule has 0 saturated carbocycles. The van der Waals surface area contributed by atoms with Gasteiger partial charge in [-0.25, -0.2) is 0 Å². The summed E-state index contributed by atoms with van der Waals surface area (Å²) in [4.78, 5) is 26.4. The Morgan fingerprint density at radius 1 is 1.27 bits per heavy atom. The van der Waals surface area contributed by atoms with Crippen molar-refractivity contribution in [2.24, 2.45) is 5.92 Å². The van der Waals surface area contributed by atoms with Gasteiger partial charge in [-0.3, -0.25) is 9.59 Å². The highest BCUT2D eigenvalue weighted by Gasteiger charge is 2.21. The van der Waals surface area contributed by atoms with E-state index in [2.05, 4.69) is 16.3 Å². The van der Waals surface area contributed by atoms with Crippen LogP contribution < -0.4 is 10.2 Å². The van der Waals surface area contributed by atoms with Crippen molar-refractivity contribution in [3.05, 3.63) is 36.4 Å². The highest BCUT2D eigenvalue weighted by atomic mass is 16.5. The number of hydrogen-bond donors (Lipinski definition) is 1. The minimum absolute atomic E-state index is 0.241. The van der Waals surface area contributed by atoms with Crippen LogP contribution in [-0.4, -0.2) is 44.3 Å². The van der Waals surface area contributed by atoms with Crippen molar-refractivity contribution in [3.63, 3.8) is 0 Å². The fraction of sp³-hybridized carbons (Fsp3) is 0.500. The van der Waals surface area contributed by atoms with Gasteiger partial charge in [0, 0.05) is 24.5 Å². The third kappa shape index (κ3) is 5.08. The average molecular weight is 358 g/mol. The SMILES string of the molecule is C[C@@H](OC(=O)C[C@@H]1C=CCC1)C(=O)Nc1ccc(N2CCOCC2)cc1. The van der Waals surface area contributed by atoms with E-state index in [-0.39, 0.29) is 17.8 Å². The van der Waals surface area contributed by atoms with Gasteiger partial charge in [0.25, 0.3) is 5.91 Å². The zero-order chi connectivity index (χ0) is 18.4. The summed E-state index contributed by atoms with van der Waals surface area (Å²) < 4.78 is 10.6. The maximum absolute atomic E-state index is 12.2. The van der Waals surface area contributed by atoms with E-state index in [1.165, 1.54) is 0 Å². The molecule has 1 saturated heterocycles. The molecular formula is C20H26N2O4. The average Bonchev–Trinajstić information content (AvgIpc) is 3.16. The summed E-state index contributed by atoms with van der Waals surface area (Å²) in [5.41, 5.74) is 1.80. The molecule has 2 atom stereocenters. The normalized spacial score (nSPS) is 20.7. The number of ether oxygens (including phenoxy) is 2. The van der Waals surface area contributed by atoms with Gasteiger partial charge in [-0.15, -0.1) is 0 Å². The monoisotopic (exact) mass is 358 g/mol. The number of allylic oxidation sites excluding steroid dienone is 2. The van der Waals surface area contributed by atoms with Crippen LogP contribution in [0.25, 0.3) is 0 Å². The third-order valence-corrected chi connectivity index (χ3v) is 4.73. The molecule has 6 nitrogen and oxygen atoms in total. The first-order chi connectivity index (χ1) is 12.6. The Labute approximate surface area is 154 Å². The number of carbonyl (C=O) groups is 2. The lowest BCUT2D eigenvalue weighted by molar-refractivity contribution is -0.153. The Bertz CT molecular complexity index is 650. The van der Waals surface area contributed by atoms with Crippen LogP contribution in [0.15, 0.2) is 36.4 Å². The highest BCUT2D eigenvalue weighted by Crippen LogP contribution is 2.21. The van der Waals surface area contributed by atoms with E-state index < -0.39 is 6.10 Å². The number of rotatable bonds is 6. The second kappa shape index (κ2) is 8.85. The van der Waals surface area contributed by atoms with Gasteiger partial charge < -0.3 is 19.7 Å². The van der Waals surface area contributed by atoms with Crippen molar-refractivity contribution >= 4 is 23.3 Å². The lowest BCUT2D eigenvalue weighted by atomic mass is 10.1. The molecule has 1 aliphatic carbocycles. The van der Waals surface area contributed by atoms with Crippen LogP contribution in [0.4, 0.5) is 11.4 Å². The molecule has 2 aliphatic rings. The van der Waals surface area contributed by atoms with Gasteiger partial charge in [-0.2, -0.15) is 0 Å². The number of benzene rings is 1. The molecule has 1 aliphatic heterocycles. The fourth-order valence-corrected chi connectivity index (χ4v) is 3.20. The van der Waals surface area contributed by atoms with E-state index in [1.807, 2.05) is 30.3 Å². The number of nitrogens with one attached hydrogen (secondary N) is 1. The Kier molecular flexibility index (Phi) is 6.28. The fourth-order valence-electron chi connectivity index (χ4n) is 3.20. The zero-order valence-electron chi connectivity index (χ0n) is 15.1. The van der Waals surface area contributed by atoms with Crippen molar-refractivity contribution in [3.8, 4) is 0 Å². The zero-order valence-corrected chi connectivity index (χ0v) is 15.1. The summed E-state index contributed by atoms with van der Waals surface area (Å²) in [5.74, 6) is -0.406. The predicted octanol–water partition coefficient (Wildman–Crippen LogP) is 2.75. The molecule has 6 heteroatoms. The summed E-state index contributed by atoms with van der Waals surface area (Å²) in [6.07, 6.45) is 5.63. The van der Waals surface area contributed by atoms with Crippen LogP contribution in [0.5, 0.6) is 0 Å². The molecule has 1 aromatic rings. The molecule has 3 rings (SSSR count). The van der Waals surface area contributed by atoms with Crippen LogP contribution >= 0.6 is 0 Å².